The molecule has 0 aliphatic carbocycles. The summed E-state index contributed by atoms with van der Waals surface area (Å²) in [7, 11) is 1.58. The highest BCUT2D eigenvalue weighted by Gasteiger charge is 2.15. The van der Waals surface area contributed by atoms with Gasteiger partial charge in [-0.3, -0.25) is 5.10 Å². The Kier molecular flexibility index (Phi) is 5.52. The fourth-order valence-electron chi connectivity index (χ4n) is 2.90. The maximum atomic E-state index is 13.0. The van der Waals surface area contributed by atoms with Crippen molar-refractivity contribution in [1.82, 2.24) is 10.2 Å². The van der Waals surface area contributed by atoms with E-state index in [1.165, 1.54) is 24.4 Å². The van der Waals surface area contributed by atoms with Crippen LogP contribution in [0.1, 0.15) is 5.56 Å². The number of halogens is 1. The van der Waals surface area contributed by atoms with Gasteiger partial charge < -0.3 is 19.3 Å². The second-order valence-corrected chi connectivity index (χ2v) is 6.48. The lowest BCUT2D eigenvalue weighted by molar-refractivity contribution is 0.304. The summed E-state index contributed by atoms with van der Waals surface area (Å²) >= 11 is 0. The van der Waals surface area contributed by atoms with Crippen molar-refractivity contribution < 1.29 is 23.7 Å². The summed E-state index contributed by atoms with van der Waals surface area (Å²) in [5.74, 6) is 1.89. The minimum atomic E-state index is -0.299. The first-order valence-electron chi connectivity index (χ1n) is 9.18. The van der Waals surface area contributed by atoms with Gasteiger partial charge in [-0.1, -0.05) is 18.2 Å². The Hall–Kier alpha value is -4.00. The first-order chi connectivity index (χ1) is 14.6. The number of methoxy groups -OCH3 is 1. The van der Waals surface area contributed by atoms with Gasteiger partial charge in [0.2, 0.25) is 0 Å². The minimum Gasteiger partial charge on any atom is -0.507 e. The van der Waals surface area contributed by atoms with Crippen LogP contribution in [0.4, 0.5) is 4.39 Å². The molecular weight excluding hydrogens is 387 g/mol. The zero-order valence-electron chi connectivity index (χ0n) is 16.1. The molecule has 0 bridgehead atoms. The highest BCUT2D eigenvalue weighted by atomic mass is 19.1. The van der Waals surface area contributed by atoms with E-state index in [4.69, 9.17) is 14.2 Å². The molecule has 3 aromatic carbocycles. The van der Waals surface area contributed by atoms with Crippen LogP contribution < -0.4 is 14.2 Å². The van der Waals surface area contributed by atoms with Gasteiger partial charge in [0, 0.05) is 17.7 Å². The van der Waals surface area contributed by atoms with E-state index >= 15 is 0 Å². The number of benzene rings is 3. The number of ether oxygens (including phenoxy) is 3. The molecule has 1 heterocycles. The minimum absolute atomic E-state index is 0.00588. The Morgan fingerprint density at radius 3 is 2.53 bits per heavy atom. The summed E-state index contributed by atoms with van der Waals surface area (Å²) in [5.41, 5.74) is 1.86. The predicted molar refractivity (Wildman–Crippen MR) is 109 cm³/mol. The monoisotopic (exact) mass is 406 g/mol. The van der Waals surface area contributed by atoms with E-state index in [1.54, 1.807) is 43.5 Å². The third-order valence-corrected chi connectivity index (χ3v) is 4.43. The fraction of sp³-hybridized carbons (Fsp3) is 0.0870. The summed E-state index contributed by atoms with van der Waals surface area (Å²) in [6.45, 7) is 0.257. The van der Waals surface area contributed by atoms with Gasteiger partial charge in [-0.2, -0.15) is 5.10 Å². The van der Waals surface area contributed by atoms with Crippen molar-refractivity contribution in [2.24, 2.45) is 0 Å². The molecule has 4 aromatic rings. The van der Waals surface area contributed by atoms with Crippen molar-refractivity contribution in [1.29, 1.82) is 0 Å². The molecule has 30 heavy (non-hydrogen) atoms. The van der Waals surface area contributed by atoms with Crippen LogP contribution in [0.15, 0.2) is 72.9 Å². The van der Waals surface area contributed by atoms with Gasteiger partial charge in [-0.05, 0) is 42.0 Å². The molecule has 0 saturated carbocycles. The molecule has 0 saturated heterocycles. The number of rotatable bonds is 7. The van der Waals surface area contributed by atoms with E-state index in [0.717, 1.165) is 5.56 Å². The number of aromatic amines is 1. The largest absolute Gasteiger partial charge is 0.507 e. The topological polar surface area (TPSA) is 76.6 Å². The van der Waals surface area contributed by atoms with Crippen LogP contribution in [0.25, 0.3) is 11.3 Å². The van der Waals surface area contributed by atoms with Gasteiger partial charge in [0.15, 0.2) is 5.75 Å². The Balaban J connectivity index is 1.51. The number of aromatic hydroxyl groups is 1. The zero-order chi connectivity index (χ0) is 20.9. The van der Waals surface area contributed by atoms with E-state index in [2.05, 4.69) is 10.2 Å². The molecule has 0 fully saturated rings. The van der Waals surface area contributed by atoms with Gasteiger partial charge >= 0.3 is 0 Å². The van der Waals surface area contributed by atoms with Crippen LogP contribution >= 0.6 is 0 Å². The van der Waals surface area contributed by atoms with Gasteiger partial charge in [0.05, 0.1) is 13.3 Å². The van der Waals surface area contributed by atoms with E-state index in [-0.39, 0.29) is 18.2 Å². The zero-order valence-corrected chi connectivity index (χ0v) is 16.1. The first-order valence-corrected chi connectivity index (χ1v) is 9.18. The highest BCUT2D eigenvalue weighted by molar-refractivity contribution is 5.73. The van der Waals surface area contributed by atoms with E-state index in [9.17, 15) is 9.50 Å². The Bertz CT molecular complexity index is 1140. The molecule has 0 unspecified atom stereocenters. The lowest BCUT2D eigenvalue weighted by Gasteiger charge is -2.11. The molecule has 6 nitrogen and oxygen atoms in total. The maximum absolute atomic E-state index is 13.0. The molecular formula is C23H19FN2O4. The van der Waals surface area contributed by atoms with E-state index in [1.807, 2.05) is 12.1 Å². The quantitative estimate of drug-likeness (QED) is 0.435. The Morgan fingerprint density at radius 2 is 1.77 bits per heavy atom. The molecule has 7 heteroatoms. The maximum Gasteiger partial charge on any atom is 0.173 e. The molecule has 0 atom stereocenters. The number of nitrogens with zero attached hydrogens (tertiary/aromatic N) is 1. The van der Waals surface area contributed by atoms with Crippen molar-refractivity contribution in [3.63, 3.8) is 0 Å². The number of aromatic nitrogens is 2. The van der Waals surface area contributed by atoms with Crippen molar-refractivity contribution in [3.8, 4) is 40.0 Å². The summed E-state index contributed by atoms with van der Waals surface area (Å²) in [6, 6.07) is 18.2. The number of hydrogen-bond acceptors (Lipinski definition) is 5. The lowest BCUT2D eigenvalue weighted by atomic mass is 10.1. The van der Waals surface area contributed by atoms with E-state index in [0.29, 0.717) is 34.3 Å². The second kappa shape index (κ2) is 8.57. The molecule has 4 rings (SSSR count). The number of H-pyrrole nitrogens is 1. The van der Waals surface area contributed by atoms with Gasteiger partial charge in [0.25, 0.3) is 0 Å². The normalized spacial score (nSPS) is 10.6. The third kappa shape index (κ3) is 4.35. The van der Waals surface area contributed by atoms with Crippen LogP contribution in [0, 0.1) is 5.82 Å². The number of phenolic OH excluding ortho intramolecular Hbond substituents is 1. The highest BCUT2D eigenvalue weighted by Crippen LogP contribution is 2.38. The lowest BCUT2D eigenvalue weighted by Crippen LogP contribution is -1.95. The third-order valence-electron chi connectivity index (χ3n) is 4.43. The molecule has 1 aromatic heterocycles. The van der Waals surface area contributed by atoms with Crippen molar-refractivity contribution >= 4 is 0 Å². The van der Waals surface area contributed by atoms with Crippen LogP contribution in [-0.2, 0) is 6.61 Å². The van der Waals surface area contributed by atoms with Crippen molar-refractivity contribution in [3.05, 3.63) is 84.3 Å². The smallest absolute Gasteiger partial charge is 0.173 e. The summed E-state index contributed by atoms with van der Waals surface area (Å²) < 4.78 is 29.8. The average molecular weight is 406 g/mol. The number of nitrogens with one attached hydrogen (secondary N) is 1. The van der Waals surface area contributed by atoms with Crippen LogP contribution in [-0.4, -0.2) is 22.4 Å². The Labute approximate surface area is 172 Å². The molecule has 2 N–H and O–H groups in total. The molecule has 0 radical (unpaired) electrons. The molecule has 152 valence electrons. The number of phenols is 1. The molecule has 0 aliphatic heterocycles. The fourth-order valence-corrected chi connectivity index (χ4v) is 2.90. The summed E-state index contributed by atoms with van der Waals surface area (Å²) in [4.78, 5) is 0. The molecule has 0 aliphatic rings. The molecule has 0 spiro atoms. The van der Waals surface area contributed by atoms with Crippen LogP contribution in [0.5, 0.6) is 28.7 Å². The van der Waals surface area contributed by atoms with E-state index < -0.39 is 0 Å². The SMILES string of the molecule is COc1cccc(Oc2cn[nH]c2-c2ccc(OCc3ccc(F)cc3)cc2O)c1. The van der Waals surface area contributed by atoms with Gasteiger partial charge in [-0.15, -0.1) is 0 Å². The van der Waals surface area contributed by atoms with Gasteiger partial charge in [0.1, 0.15) is 41.1 Å². The number of hydrogen-bond donors (Lipinski definition) is 2. The average Bonchev–Trinajstić information content (AvgIpc) is 3.21. The molecule has 0 amide bonds. The standard InChI is InChI=1S/C23H19FN2O4/c1-28-17-3-2-4-19(11-17)30-22-13-25-26-23(22)20-10-9-18(12-21(20)27)29-14-15-5-7-16(24)8-6-15/h2-13,27H,14H2,1H3,(H,25,26). The summed E-state index contributed by atoms with van der Waals surface area (Å²) in [5, 5.41) is 17.4. The van der Waals surface area contributed by atoms with Gasteiger partial charge in [-0.25, -0.2) is 4.39 Å². The van der Waals surface area contributed by atoms with Crippen molar-refractivity contribution in [2.45, 2.75) is 6.61 Å². The summed E-state index contributed by atoms with van der Waals surface area (Å²) in [6.07, 6.45) is 1.53. The first kappa shape index (κ1) is 19.3. The van der Waals surface area contributed by atoms with Crippen molar-refractivity contribution in [2.75, 3.05) is 7.11 Å². The van der Waals surface area contributed by atoms with Crippen LogP contribution in [0.3, 0.4) is 0 Å². The van der Waals surface area contributed by atoms with Crippen LogP contribution in [0.2, 0.25) is 0 Å². The Morgan fingerprint density at radius 1 is 0.967 bits per heavy atom. The predicted octanol–water partition coefficient (Wildman–Crippen LogP) is 5.30. The second-order valence-electron chi connectivity index (χ2n) is 6.48.